The lowest BCUT2D eigenvalue weighted by atomic mass is 9.36. The van der Waals surface area contributed by atoms with Gasteiger partial charge in [-0.25, -0.2) is 27.0 Å². The molecule has 0 spiro atoms. The van der Waals surface area contributed by atoms with Crippen LogP contribution in [0.3, 0.4) is 0 Å². The van der Waals surface area contributed by atoms with Gasteiger partial charge in [0.2, 0.25) is 0 Å². The SMILES string of the molecule is COC(=O)C12CC(n3nc4n(c3=O)[C@H](c3cc(F)cc(F)c3)CC4)(C1)C2(F)F. The third kappa shape index (κ3) is 1.72. The van der Waals surface area contributed by atoms with Gasteiger partial charge in [-0.15, -0.1) is 0 Å². The molecule has 148 valence electrons. The maximum Gasteiger partial charge on any atom is 0.347 e. The first kappa shape index (κ1) is 17.4. The number of carbonyl (C=O) groups is 1. The highest BCUT2D eigenvalue weighted by Crippen LogP contribution is 2.79. The zero-order valence-corrected chi connectivity index (χ0v) is 14.7. The van der Waals surface area contributed by atoms with Crippen LogP contribution in [0.4, 0.5) is 17.6 Å². The lowest BCUT2D eigenvalue weighted by Gasteiger charge is -2.71. The van der Waals surface area contributed by atoms with Crippen molar-refractivity contribution in [2.75, 3.05) is 7.11 Å². The number of ether oxygens (including phenoxy) is 1. The first-order valence-corrected chi connectivity index (χ1v) is 8.80. The molecule has 3 fully saturated rings. The molecule has 1 aromatic carbocycles. The zero-order valence-electron chi connectivity index (χ0n) is 14.7. The Bertz CT molecular complexity index is 1060. The van der Waals surface area contributed by atoms with E-state index in [0.717, 1.165) is 30.0 Å². The van der Waals surface area contributed by atoms with E-state index in [1.54, 1.807) is 0 Å². The van der Waals surface area contributed by atoms with E-state index in [4.69, 9.17) is 0 Å². The quantitative estimate of drug-likeness (QED) is 0.588. The number of halogens is 4. The summed E-state index contributed by atoms with van der Waals surface area (Å²) in [5.41, 5.74) is -4.28. The topological polar surface area (TPSA) is 66.1 Å². The fourth-order valence-electron chi connectivity index (χ4n) is 5.03. The second kappa shape index (κ2) is 5.03. The van der Waals surface area contributed by atoms with Crippen LogP contribution in [0.2, 0.25) is 0 Å². The number of benzene rings is 1. The average molecular weight is 397 g/mol. The molecule has 1 aliphatic heterocycles. The Morgan fingerprint density at radius 2 is 1.86 bits per heavy atom. The molecule has 1 atom stereocenters. The Hall–Kier alpha value is -2.65. The van der Waals surface area contributed by atoms with Crippen LogP contribution in [0.1, 0.15) is 36.7 Å². The van der Waals surface area contributed by atoms with Gasteiger partial charge in [-0.1, -0.05) is 0 Å². The Labute approximate surface area is 155 Å². The number of hydrogen-bond donors (Lipinski definition) is 0. The number of aromatic nitrogens is 3. The molecule has 10 heteroatoms. The molecule has 1 aromatic heterocycles. The van der Waals surface area contributed by atoms with Crippen molar-refractivity contribution < 1.29 is 27.1 Å². The Balaban J connectivity index is 1.55. The molecule has 6 nitrogen and oxygen atoms in total. The summed E-state index contributed by atoms with van der Waals surface area (Å²) in [5, 5.41) is 4.10. The predicted octanol–water partition coefficient (Wildman–Crippen LogP) is 2.16. The van der Waals surface area contributed by atoms with Crippen molar-refractivity contribution in [3.05, 3.63) is 51.7 Å². The molecular weight excluding hydrogens is 382 g/mol. The minimum absolute atomic E-state index is 0.227. The number of hydrogen-bond acceptors (Lipinski definition) is 4. The standard InChI is InChI=1S/C18H15F4N3O3/c1-28-14(26)16-7-17(8-16,18(16,21)22)25-15(27)24-12(2-3-13(24)23-25)9-4-10(19)6-11(20)5-9/h4-6,12H,2-3,7-8H2,1H3/t12-,16?,17?/m0/s1. The Morgan fingerprint density at radius 1 is 1.21 bits per heavy atom. The van der Waals surface area contributed by atoms with Crippen LogP contribution in [-0.4, -0.2) is 33.3 Å². The summed E-state index contributed by atoms with van der Waals surface area (Å²) in [4.78, 5) is 24.7. The molecule has 2 heterocycles. The highest BCUT2D eigenvalue weighted by Gasteiger charge is 2.94. The Morgan fingerprint density at radius 3 is 2.43 bits per heavy atom. The molecule has 28 heavy (non-hydrogen) atoms. The summed E-state index contributed by atoms with van der Waals surface area (Å²) < 4.78 is 63.2. The number of fused-ring (bicyclic) bond motifs is 1. The van der Waals surface area contributed by atoms with E-state index in [-0.39, 0.29) is 24.2 Å². The molecule has 6 rings (SSSR count). The fraction of sp³-hybridized carbons (Fsp3) is 0.500. The molecule has 0 N–H and O–H groups in total. The first-order valence-electron chi connectivity index (χ1n) is 8.80. The van der Waals surface area contributed by atoms with Crippen LogP contribution in [0.5, 0.6) is 0 Å². The second-order valence-corrected chi connectivity index (χ2v) is 7.77. The van der Waals surface area contributed by atoms with Crippen molar-refractivity contribution in [1.29, 1.82) is 0 Å². The third-order valence-electron chi connectivity index (χ3n) is 6.46. The van der Waals surface area contributed by atoms with Crippen molar-refractivity contribution in [2.45, 2.75) is 43.2 Å². The van der Waals surface area contributed by atoms with Crippen LogP contribution >= 0.6 is 0 Å². The predicted molar refractivity (Wildman–Crippen MR) is 85.9 cm³/mol. The van der Waals surface area contributed by atoms with Crippen molar-refractivity contribution in [2.24, 2.45) is 5.41 Å². The molecule has 2 bridgehead atoms. The van der Waals surface area contributed by atoms with Gasteiger partial charge >= 0.3 is 11.7 Å². The minimum atomic E-state index is -3.45. The number of rotatable bonds is 3. The number of nitrogens with zero attached hydrogens (tertiary/aromatic N) is 3. The third-order valence-corrected chi connectivity index (χ3v) is 6.46. The van der Waals surface area contributed by atoms with Crippen LogP contribution < -0.4 is 5.69 Å². The van der Waals surface area contributed by atoms with E-state index in [2.05, 4.69) is 9.84 Å². The van der Waals surface area contributed by atoms with E-state index in [1.165, 1.54) is 4.57 Å². The monoisotopic (exact) mass is 397 g/mol. The largest absolute Gasteiger partial charge is 0.468 e. The van der Waals surface area contributed by atoms with Gasteiger partial charge in [0, 0.05) is 25.3 Å². The zero-order chi connectivity index (χ0) is 20.1. The van der Waals surface area contributed by atoms with E-state index < -0.39 is 46.2 Å². The highest BCUT2D eigenvalue weighted by molar-refractivity contribution is 5.84. The summed E-state index contributed by atoms with van der Waals surface area (Å²) in [5.74, 6) is -5.73. The molecule has 0 amide bonds. The lowest BCUT2D eigenvalue weighted by molar-refractivity contribution is -0.388. The van der Waals surface area contributed by atoms with Crippen molar-refractivity contribution >= 4 is 5.97 Å². The smallest absolute Gasteiger partial charge is 0.347 e. The van der Waals surface area contributed by atoms with Gasteiger partial charge in [0.05, 0.1) is 13.2 Å². The number of methoxy groups -OCH3 is 1. The molecule has 3 saturated carbocycles. The average Bonchev–Trinajstić information content (AvgIpc) is 3.14. The molecule has 4 aliphatic rings. The summed E-state index contributed by atoms with van der Waals surface area (Å²) in [6.45, 7) is 0. The van der Waals surface area contributed by atoms with Gasteiger partial charge in [0.1, 0.15) is 28.4 Å². The van der Waals surface area contributed by atoms with Gasteiger partial charge in [0.25, 0.3) is 5.92 Å². The van der Waals surface area contributed by atoms with Crippen molar-refractivity contribution in [1.82, 2.24) is 14.3 Å². The summed E-state index contributed by atoms with van der Waals surface area (Å²) >= 11 is 0. The highest BCUT2D eigenvalue weighted by atomic mass is 19.3. The van der Waals surface area contributed by atoms with E-state index in [0.29, 0.717) is 12.8 Å². The fourth-order valence-corrected chi connectivity index (χ4v) is 5.03. The number of esters is 1. The molecular formula is C18H15F4N3O3. The van der Waals surface area contributed by atoms with Crippen LogP contribution in [0.25, 0.3) is 0 Å². The summed E-state index contributed by atoms with van der Waals surface area (Å²) in [7, 11) is 1.05. The van der Waals surface area contributed by atoms with E-state index >= 15 is 0 Å². The minimum Gasteiger partial charge on any atom is -0.468 e. The molecule has 0 unspecified atom stereocenters. The van der Waals surface area contributed by atoms with Crippen molar-refractivity contribution in [3.8, 4) is 0 Å². The van der Waals surface area contributed by atoms with Gasteiger partial charge in [-0.3, -0.25) is 9.36 Å². The summed E-state index contributed by atoms with van der Waals surface area (Å²) in [6, 6.07) is 2.28. The van der Waals surface area contributed by atoms with Gasteiger partial charge < -0.3 is 4.74 Å². The molecule has 3 aliphatic carbocycles. The van der Waals surface area contributed by atoms with Gasteiger partial charge in [0.15, 0.2) is 0 Å². The van der Waals surface area contributed by atoms with E-state index in [1.807, 2.05) is 0 Å². The first-order chi connectivity index (χ1) is 13.2. The van der Waals surface area contributed by atoms with Crippen LogP contribution in [0, 0.1) is 17.0 Å². The Kier molecular flexibility index (Phi) is 3.14. The maximum atomic E-state index is 14.8. The second-order valence-electron chi connectivity index (χ2n) is 7.77. The van der Waals surface area contributed by atoms with E-state index in [9.17, 15) is 27.2 Å². The number of aryl methyl sites for hydroxylation is 1. The summed E-state index contributed by atoms with van der Waals surface area (Å²) in [6.07, 6.45) is 0.246. The molecule has 2 aromatic rings. The lowest BCUT2D eigenvalue weighted by Crippen LogP contribution is -2.87. The molecule has 0 saturated heterocycles. The van der Waals surface area contributed by atoms with Crippen LogP contribution in [0.15, 0.2) is 23.0 Å². The maximum absolute atomic E-state index is 14.8. The van der Waals surface area contributed by atoms with Crippen molar-refractivity contribution in [3.63, 3.8) is 0 Å². The number of carbonyl (C=O) groups excluding carboxylic acids is 1. The van der Waals surface area contributed by atoms with Gasteiger partial charge in [-0.05, 0) is 24.1 Å². The van der Waals surface area contributed by atoms with Gasteiger partial charge in [-0.2, -0.15) is 5.10 Å². The molecule has 0 radical (unpaired) electrons. The van der Waals surface area contributed by atoms with Crippen LogP contribution in [-0.2, 0) is 21.5 Å². The normalized spacial score (nSPS) is 31.7. The number of alkyl halides is 2.